The normalized spacial score (nSPS) is 11.2. The lowest BCUT2D eigenvalue weighted by atomic mass is 10.2. The molecule has 0 N–H and O–H groups in total. The first-order valence-electron chi connectivity index (χ1n) is 9.64. The van der Waals surface area contributed by atoms with Crippen LogP contribution in [0.2, 0.25) is 0 Å². The van der Waals surface area contributed by atoms with Crippen LogP contribution < -0.4 is 0 Å². The van der Waals surface area contributed by atoms with E-state index in [1.54, 1.807) is 0 Å². The van der Waals surface area contributed by atoms with Crippen LogP contribution in [0.1, 0.15) is 25.0 Å². The zero-order valence-corrected chi connectivity index (χ0v) is 16.8. The van der Waals surface area contributed by atoms with Crippen molar-refractivity contribution in [3.63, 3.8) is 0 Å². The topological polar surface area (TPSA) is 41.4 Å². The number of likely N-dealkylation sites (N-methyl/N-ethyl adjacent to an activating group) is 1. The van der Waals surface area contributed by atoms with E-state index in [4.69, 9.17) is 0 Å². The Kier molecular flexibility index (Phi) is 6.61. The molecule has 3 aromatic rings. The van der Waals surface area contributed by atoms with Crippen molar-refractivity contribution in [3.8, 4) is 5.69 Å². The van der Waals surface area contributed by atoms with Crippen LogP contribution in [0.3, 0.4) is 0 Å². The van der Waals surface area contributed by atoms with E-state index in [0.717, 1.165) is 16.8 Å². The molecule has 28 heavy (non-hydrogen) atoms. The third-order valence-corrected chi connectivity index (χ3v) is 4.65. The predicted molar refractivity (Wildman–Crippen MR) is 112 cm³/mol. The average Bonchev–Trinajstić information content (AvgIpc) is 3.15. The van der Waals surface area contributed by atoms with Crippen LogP contribution in [0.25, 0.3) is 5.69 Å². The fourth-order valence-corrected chi connectivity index (χ4v) is 3.19. The molecule has 0 atom stereocenters. The van der Waals surface area contributed by atoms with Gasteiger partial charge in [-0.15, -0.1) is 0 Å². The summed E-state index contributed by atoms with van der Waals surface area (Å²) >= 11 is 0. The molecular weight excluding hydrogens is 348 g/mol. The molecule has 0 saturated carbocycles. The molecule has 0 radical (unpaired) electrons. The highest BCUT2D eigenvalue weighted by atomic mass is 16.2. The number of rotatable bonds is 8. The molecule has 146 valence electrons. The molecule has 1 heterocycles. The Morgan fingerprint density at radius 3 is 2.25 bits per heavy atom. The van der Waals surface area contributed by atoms with Crippen LogP contribution >= 0.6 is 0 Å². The smallest absolute Gasteiger partial charge is 0.237 e. The highest BCUT2D eigenvalue weighted by Crippen LogP contribution is 2.11. The van der Waals surface area contributed by atoms with Gasteiger partial charge in [-0.3, -0.25) is 9.69 Å². The van der Waals surface area contributed by atoms with Gasteiger partial charge in [0.2, 0.25) is 5.91 Å². The summed E-state index contributed by atoms with van der Waals surface area (Å²) in [7, 11) is 1.97. The zero-order valence-electron chi connectivity index (χ0n) is 16.8. The van der Waals surface area contributed by atoms with Crippen molar-refractivity contribution in [1.29, 1.82) is 0 Å². The second kappa shape index (κ2) is 9.33. The van der Waals surface area contributed by atoms with Gasteiger partial charge >= 0.3 is 0 Å². The molecule has 2 aromatic carbocycles. The highest BCUT2D eigenvalue weighted by Gasteiger charge is 2.19. The van der Waals surface area contributed by atoms with Crippen LogP contribution in [0.5, 0.6) is 0 Å². The summed E-state index contributed by atoms with van der Waals surface area (Å²) in [6.45, 7) is 5.81. The van der Waals surface area contributed by atoms with Gasteiger partial charge in [-0.1, -0.05) is 48.5 Å². The largest absolute Gasteiger partial charge is 0.335 e. The van der Waals surface area contributed by atoms with Crippen molar-refractivity contribution in [2.24, 2.45) is 0 Å². The third-order valence-electron chi connectivity index (χ3n) is 4.65. The molecule has 5 heteroatoms. The van der Waals surface area contributed by atoms with Crippen molar-refractivity contribution in [3.05, 3.63) is 84.2 Å². The van der Waals surface area contributed by atoms with Crippen molar-refractivity contribution in [2.75, 3.05) is 13.6 Å². The number of aromatic nitrogens is 2. The Bertz CT molecular complexity index is 874. The van der Waals surface area contributed by atoms with Gasteiger partial charge in [0, 0.05) is 30.9 Å². The van der Waals surface area contributed by atoms with Gasteiger partial charge in [0.15, 0.2) is 0 Å². The van der Waals surface area contributed by atoms with E-state index in [2.05, 4.69) is 31.1 Å². The molecule has 0 spiro atoms. The number of hydrogen-bond acceptors (Lipinski definition) is 3. The molecule has 1 aromatic heterocycles. The number of carbonyl (C=O) groups excluding carboxylic acids is 1. The van der Waals surface area contributed by atoms with Crippen LogP contribution in [0.15, 0.2) is 73.1 Å². The van der Waals surface area contributed by atoms with Gasteiger partial charge in [-0.25, -0.2) is 4.68 Å². The molecule has 0 aliphatic carbocycles. The SMILES string of the molecule is CC(C)N(Cc1ccccc1)C(=O)CN(C)Cc1cnn(-c2ccccc2)c1. The second-order valence-corrected chi connectivity index (χ2v) is 7.40. The zero-order chi connectivity index (χ0) is 19.9. The van der Waals surface area contributed by atoms with E-state index < -0.39 is 0 Å². The highest BCUT2D eigenvalue weighted by molar-refractivity contribution is 5.78. The number of amides is 1. The third kappa shape index (κ3) is 5.30. The van der Waals surface area contributed by atoms with Crippen LogP contribution in [-0.4, -0.2) is 45.1 Å². The summed E-state index contributed by atoms with van der Waals surface area (Å²) in [4.78, 5) is 16.8. The van der Waals surface area contributed by atoms with Gasteiger partial charge in [0.1, 0.15) is 0 Å². The van der Waals surface area contributed by atoms with Gasteiger partial charge < -0.3 is 4.90 Å². The number of hydrogen-bond donors (Lipinski definition) is 0. The molecule has 0 aliphatic rings. The minimum Gasteiger partial charge on any atom is -0.335 e. The summed E-state index contributed by atoms with van der Waals surface area (Å²) in [6, 6.07) is 20.3. The number of nitrogens with zero attached hydrogens (tertiary/aromatic N) is 4. The monoisotopic (exact) mass is 376 g/mol. The minimum absolute atomic E-state index is 0.136. The number of carbonyl (C=O) groups is 1. The molecule has 5 nitrogen and oxygen atoms in total. The van der Waals surface area contributed by atoms with Crippen molar-refractivity contribution < 1.29 is 4.79 Å². The summed E-state index contributed by atoms with van der Waals surface area (Å²) in [5.74, 6) is 0.136. The molecule has 3 rings (SSSR count). The molecule has 0 unspecified atom stereocenters. The summed E-state index contributed by atoms with van der Waals surface area (Å²) in [5.41, 5.74) is 3.26. The van der Waals surface area contributed by atoms with E-state index in [1.807, 2.05) is 82.5 Å². The van der Waals surface area contributed by atoms with Crippen LogP contribution in [-0.2, 0) is 17.9 Å². The van der Waals surface area contributed by atoms with E-state index in [0.29, 0.717) is 19.6 Å². The fourth-order valence-electron chi connectivity index (χ4n) is 3.19. The van der Waals surface area contributed by atoms with E-state index in [9.17, 15) is 4.79 Å². The quantitative estimate of drug-likeness (QED) is 0.601. The van der Waals surface area contributed by atoms with Crippen molar-refractivity contribution >= 4 is 5.91 Å². The fraction of sp³-hybridized carbons (Fsp3) is 0.304. The first kappa shape index (κ1) is 19.8. The van der Waals surface area contributed by atoms with E-state index >= 15 is 0 Å². The van der Waals surface area contributed by atoms with Gasteiger partial charge in [-0.2, -0.15) is 5.10 Å². The maximum atomic E-state index is 12.9. The van der Waals surface area contributed by atoms with Gasteiger partial charge in [0.05, 0.1) is 18.4 Å². The summed E-state index contributed by atoms with van der Waals surface area (Å²) in [5, 5.41) is 4.43. The molecule has 1 amide bonds. The Hall–Kier alpha value is -2.92. The lowest BCUT2D eigenvalue weighted by Crippen LogP contribution is -2.42. The lowest BCUT2D eigenvalue weighted by molar-refractivity contribution is -0.134. The van der Waals surface area contributed by atoms with Crippen molar-refractivity contribution in [2.45, 2.75) is 33.0 Å². The van der Waals surface area contributed by atoms with E-state index in [1.165, 1.54) is 0 Å². The Balaban J connectivity index is 1.59. The first-order valence-corrected chi connectivity index (χ1v) is 9.64. The van der Waals surface area contributed by atoms with Gasteiger partial charge in [-0.05, 0) is 38.6 Å². The second-order valence-electron chi connectivity index (χ2n) is 7.40. The number of para-hydroxylation sites is 1. The Labute approximate surface area is 167 Å². The summed E-state index contributed by atoms with van der Waals surface area (Å²) in [6.07, 6.45) is 3.87. The molecule has 0 bridgehead atoms. The minimum atomic E-state index is 0.136. The Morgan fingerprint density at radius 2 is 1.61 bits per heavy atom. The van der Waals surface area contributed by atoms with Gasteiger partial charge in [0.25, 0.3) is 0 Å². The van der Waals surface area contributed by atoms with Crippen LogP contribution in [0.4, 0.5) is 0 Å². The molecule has 0 fully saturated rings. The molecule has 0 saturated heterocycles. The van der Waals surface area contributed by atoms with E-state index in [-0.39, 0.29) is 11.9 Å². The number of benzene rings is 2. The predicted octanol–water partition coefficient (Wildman–Crippen LogP) is 3.74. The van der Waals surface area contributed by atoms with Crippen molar-refractivity contribution in [1.82, 2.24) is 19.6 Å². The van der Waals surface area contributed by atoms with Crippen LogP contribution in [0, 0.1) is 0 Å². The first-order chi connectivity index (χ1) is 13.5. The standard InChI is InChI=1S/C23H28N4O/c1-19(2)26(16-20-10-6-4-7-11-20)23(28)18-25(3)15-21-14-24-27(17-21)22-12-8-5-9-13-22/h4-14,17,19H,15-16,18H2,1-3H3. The average molecular weight is 377 g/mol. The maximum Gasteiger partial charge on any atom is 0.237 e. The maximum absolute atomic E-state index is 12.9. The molecule has 0 aliphatic heterocycles. The Morgan fingerprint density at radius 1 is 0.964 bits per heavy atom. The lowest BCUT2D eigenvalue weighted by Gasteiger charge is -2.29. The summed E-state index contributed by atoms with van der Waals surface area (Å²) < 4.78 is 1.86. The molecular formula is C23H28N4O.